The van der Waals surface area contributed by atoms with Crippen molar-refractivity contribution in [3.63, 3.8) is 0 Å². The van der Waals surface area contributed by atoms with Crippen LogP contribution in [-0.2, 0) is 44.2 Å². The van der Waals surface area contributed by atoms with Gasteiger partial charge in [0.2, 0.25) is 0 Å². The van der Waals surface area contributed by atoms with Gasteiger partial charge in [-0.1, -0.05) is 158 Å². The summed E-state index contributed by atoms with van der Waals surface area (Å²) >= 11 is 0. The minimum absolute atomic E-state index is 0.0266. The van der Waals surface area contributed by atoms with Crippen molar-refractivity contribution in [2.75, 3.05) is 9.80 Å². The second kappa shape index (κ2) is 15.1. The molecular formula is C67H77BN2O. The Hall–Kier alpha value is -5.48. The lowest BCUT2D eigenvalue weighted by molar-refractivity contribution is 0.188. The van der Waals surface area contributed by atoms with Crippen LogP contribution in [0.1, 0.15) is 187 Å². The molecule has 1 aromatic heterocycles. The Labute approximate surface area is 426 Å². The molecule has 6 aliphatic rings. The lowest BCUT2D eigenvalue weighted by Gasteiger charge is -2.52. The van der Waals surface area contributed by atoms with Crippen LogP contribution in [0.2, 0.25) is 0 Å². The van der Waals surface area contributed by atoms with Crippen molar-refractivity contribution in [2.24, 2.45) is 0 Å². The van der Waals surface area contributed by atoms with Gasteiger partial charge in [-0.3, -0.25) is 0 Å². The van der Waals surface area contributed by atoms with Crippen molar-refractivity contribution in [1.29, 1.82) is 0 Å². The van der Waals surface area contributed by atoms with Gasteiger partial charge >= 0.3 is 0 Å². The van der Waals surface area contributed by atoms with Gasteiger partial charge in [-0.05, 0) is 193 Å². The van der Waals surface area contributed by atoms with Crippen LogP contribution in [0.25, 0.3) is 22.1 Å². The number of furan rings is 1. The Morgan fingerprint density at radius 1 is 0.479 bits per heavy atom. The molecule has 7 aromatic rings. The van der Waals surface area contributed by atoms with Gasteiger partial charge in [0.1, 0.15) is 5.58 Å². The van der Waals surface area contributed by atoms with E-state index in [2.05, 4.69) is 223 Å². The first-order valence-electron chi connectivity index (χ1n) is 27.1. The van der Waals surface area contributed by atoms with E-state index in [4.69, 9.17) is 4.42 Å². The van der Waals surface area contributed by atoms with Gasteiger partial charge in [-0.15, -0.1) is 0 Å². The molecule has 1 saturated carbocycles. The summed E-state index contributed by atoms with van der Waals surface area (Å²) in [6.45, 7) is 36.2. The molecule has 13 rings (SSSR count). The van der Waals surface area contributed by atoms with Crippen LogP contribution in [0.4, 0.5) is 34.1 Å². The Balaban J connectivity index is 1.25. The minimum atomic E-state index is -0.149. The first-order valence-corrected chi connectivity index (χ1v) is 27.1. The highest BCUT2D eigenvalue weighted by atomic mass is 16.3. The van der Waals surface area contributed by atoms with Crippen LogP contribution in [-0.4, -0.2) is 6.71 Å². The van der Waals surface area contributed by atoms with E-state index in [1.165, 1.54) is 127 Å². The summed E-state index contributed by atoms with van der Waals surface area (Å²) in [4.78, 5) is 5.38. The van der Waals surface area contributed by atoms with E-state index in [0.717, 1.165) is 24.0 Å². The number of fused-ring (bicyclic) bond motifs is 10. The van der Waals surface area contributed by atoms with E-state index in [-0.39, 0.29) is 44.6 Å². The van der Waals surface area contributed by atoms with E-state index >= 15 is 0 Å². The summed E-state index contributed by atoms with van der Waals surface area (Å²) in [6.07, 6.45) is 8.13. The largest absolute Gasteiger partial charge is 0.469 e. The highest BCUT2D eigenvalue weighted by Gasteiger charge is 2.50. The van der Waals surface area contributed by atoms with Crippen molar-refractivity contribution in [3.05, 3.63) is 154 Å². The fourth-order valence-electron chi connectivity index (χ4n) is 13.8. The molecule has 6 aromatic carbocycles. The molecule has 4 heteroatoms. The predicted octanol–water partition coefficient (Wildman–Crippen LogP) is 17.4. The number of hydrogen-bond donors (Lipinski definition) is 0. The first kappa shape index (κ1) is 46.6. The number of anilines is 6. The monoisotopic (exact) mass is 937 g/mol. The number of benzene rings is 6. The van der Waals surface area contributed by atoms with Crippen LogP contribution in [0.15, 0.2) is 114 Å². The summed E-state index contributed by atoms with van der Waals surface area (Å²) in [6, 6.07) is 43.7. The predicted molar refractivity (Wildman–Crippen MR) is 304 cm³/mol. The summed E-state index contributed by atoms with van der Waals surface area (Å²) in [5.74, 6) is 0. The van der Waals surface area contributed by atoms with Crippen molar-refractivity contribution in [2.45, 2.75) is 187 Å². The maximum absolute atomic E-state index is 7.79. The van der Waals surface area contributed by atoms with E-state index < -0.39 is 0 Å². The summed E-state index contributed by atoms with van der Waals surface area (Å²) < 4.78 is 7.79. The Kier molecular flexibility index (Phi) is 9.88. The zero-order valence-corrected chi connectivity index (χ0v) is 45.7. The smallest absolute Gasteiger partial charge is 0.265 e. The second-order valence-corrected chi connectivity index (χ2v) is 27.9. The molecule has 2 aliphatic heterocycles. The maximum atomic E-state index is 7.79. The Morgan fingerprint density at radius 2 is 1.04 bits per heavy atom. The van der Waals surface area contributed by atoms with E-state index in [9.17, 15) is 0 Å². The Bertz CT molecular complexity index is 3330. The molecule has 0 unspecified atom stereocenters. The third kappa shape index (κ3) is 7.10. The minimum Gasteiger partial charge on any atom is -0.469 e. The lowest BCUT2D eigenvalue weighted by atomic mass is 9.39. The van der Waals surface area contributed by atoms with Crippen molar-refractivity contribution in [3.8, 4) is 11.1 Å². The van der Waals surface area contributed by atoms with Crippen LogP contribution in [0.3, 0.4) is 0 Å². The van der Waals surface area contributed by atoms with E-state index in [0.29, 0.717) is 0 Å². The molecule has 1 fully saturated rings. The van der Waals surface area contributed by atoms with Gasteiger partial charge in [0.05, 0.1) is 28.4 Å². The van der Waals surface area contributed by atoms with Crippen LogP contribution in [0.5, 0.6) is 0 Å². The molecule has 0 N–H and O–H groups in total. The van der Waals surface area contributed by atoms with E-state index in [1.54, 1.807) is 5.56 Å². The van der Waals surface area contributed by atoms with Gasteiger partial charge in [0.25, 0.3) is 6.71 Å². The molecule has 4 bridgehead atoms. The summed E-state index contributed by atoms with van der Waals surface area (Å²) in [5, 5.41) is 1.25. The standard InChI is InChI=1S/C67H77BN2O/c1-61(2,3)42-21-25-54(46(33-42)41-19-17-16-18-20-41)70-55-26-22-43(62(4,5)6)34-53(55)68-40-48-56(35-44(36-57(48)70)63(7,8)9)69(45-23-24-49-50(37-45)65(12,13)28-27-64(49,10)11)59-47-38-51-52(39-58(47)71-60(59)68)67(15)31-29-66(51,14)30-32-67/h16-26,33-39H,27-32,40H2,1-15H3. The number of nitrogens with zero attached hydrogens (tertiary/aromatic N) is 2. The van der Waals surface area contributed by atoms with Gasteiger partial charge in [-0.25, -0.2) is 0 Å². The lowest BCUT2D eigenvalue weighted by Crippen LogP contribution is -2.45. The van der Waals surface area contributed by atoms with Crippen LogP contribution < -0.4 is 20.9 Å². The fraction of sp³-hybridized carbons (Fsp3) is 0.433. The summed E-state index contributed by atoms with van der Waals surface area (Å²) in [7, 11) is 0. The average molecular weight is 937 g/mol. The molecule has 0 atom stereocenters. The van der Waals surface area contributed by atoms with Gasteiger partial charge in [0, 0.05) is 22.3 Å². The quantitative estimate of drug-likeness (QED) is 0.165. The van der Waals surface area contributed by atoms with Crippen molar-refractivity contribution < 1.29 is 4.42 Å². The molecule has 0 radical (unpaired) electrons. The molecule has 0 saturated heterocycles. The zero-order valence-electron chi connectivity index (χ0n) is 45.7. The Morgan fingerprint density at radius 3 is 1.66 bits per heavy atom. The third-order valence-corrected chi connectivity index (χ3v) is 18.9. The van der Waals surface area contributed by atoms with Crippen molar-refractivity contribution in [1.82, 2.24) is 0 Å². The fourth-order valence-corrected chi connectivity index (χ4v) is 13.8. The third-order valence-electron chi connectivity index (χ3n) is 18.9. The topological polar surface area (TPSA) is 19.6 Å². The molecule has 4 aliphatic carbocycles. The van der Waals surface area contributed by atoms with Gasteiger partial charge in [0.15, 0.2) is 0 Å². The first-order chi connectivity index (χ1) is 33.3. The van der Waals surface area contributed by atoms with Gasteiger partial charge in [-0.2, -0.15) is 0 Å². The average Bonchev–Trinajstić information content (AvgIpc) is 3.51. The molecule has 71 heavy (non-hydrogen) atoms. The summed E-state index contributed by atoms with van der Waals surface area (Å²) in [5.41, 5.74) is 25.0. The van der Waals surface area contributed by atoms with Crippen molar-refractivity contribution >= 4 is 62.9 Å². The normalized spacial score (nSPS) is 21.9. The molecular weight excluding hydrogens is 860 g/mol. The van der Waals surface area contributed by atoms with E-state index in [1.807, 2.05) is 0 Å². The number of rotatable bonds is 3. The highest BCUT2D eigenvalue weighted by molar-refractivity contribution is 6.87. The molecule has 3 heterocycles. The zero-order chi connectivity index (χ0) is 50.2. The van der Waals surface area contributed by atoms with Crippen LogP contribution in [0, 0.1) is 0 Å². The highest BCUT2D eigenvalue weighted by Crippen LogP contribution is 2.59. The molecule has 364 valence electrons. The van der Waals surface area contributed by atoms with Crippen LogP contribution >= 0.6 is 0 Å². The number of hydrogen-bond acceptors (Lipinski definition) is 3. The molecule has 0 amide bonds. The SMILES string of the molecule is CC(C)(C)c1ccc2c(c1)B1Cc3c(cc(C(C)(C)C)cc3N(c3ccc4c(c3)C(C)(C)CCC4(C)C)c3c1oc1cc4c(cc31)C1(C)CCC4(C)CC1)N2c1ccc(C(C)(C)C)cc1-c1ccccc1. The molecule has 3 nitrogen and oxygen atoms in total. The maximum Gasteiger partial charge on any atom is 0.265 e. The second-order valence-electron chi connectivity index (χ2n) is 27.9. The van der Waals surface area contributed by atoms with Gasteiger partial charge < -0.3 is 14.2 Å². The molecule has 0 spiro atoms.